The van der Waals surface area contributed by atoms with Crippen molar-refractivity contribution < 1.29 is 4.39 Å². The van der Waals surface area contributed by atoms with Crippen LogP contribution in [-0.2, 0) is 5.88 Å². The normalized spacial score (nSPS) is 10.5. The molecular weight excluding hydrogens is 265 g/mol. The van der Waals surface area contributed by atoms with Crippen molar-refractivity contribution >= 4 is 23.2 Å². The van der Waals surface area contributed by atoms with Crippen LogP contribution in [-0.4, -0.2) is 16.5 Å². The number of rotatable bonds is 4. The van der Waals surface area contributed by atoms with E-state index in [9.17, 15) is 4.39 Å². The van der Waals surface area contributed by atoms with Crippen LogP contribution in [0.5, 0.6) is 0 Å². The van der Waals surface area contributed by atoms with Crippen LogP contribution in [0.4, 0.5) is 16.0 Å². The van der Waals surface area contributed by atoms with Gasteiger partial charge in [-0.15, -0.1) is 11.6 Å². The molecule has 0 fully saturated rings. The number of aryl methyl sites for hydroxylation is 1. The summed E-state index contributed by atoms with van der Waals surface area (Å²) in [5.74, 6) is 0.573. The Morgan fingerprint density at radius 3 is 2.63 bits per heavy atom. The molecule has 0 spiro atoms. The molecule has 0 N–H and O–H groups in total. The van der Waals surface area contributed by atoms with Gasteiger partial charge in [0.25, 0.3) is 0 Å². The molecule has 2 rings (SSSR count). The zero-order valence-corrected chi connectivity index (χ0v) is 11.7. The van der Waals surface area contributed by atoms with E-state index in [4.69, 9.17) is 11.6 Å². The standard InChI is InChI=1S/C14H15ClFN3/c1-3-19(13-7-5-4-6-12(13)16)14-17-9-11(8-15)10(2)18-14/h4-7,9H,3,8H2,1-2H3. The molecular formula is C14H15ClFN3. The largest absolute Gasteiger partial charge is 0.308 e. The number of hydrogen-bond acceptors (Lipinski definition) is 3. The molecule has 0 atom stereocenters. The molecule has 0 aliphatic rings. The molecule has 19 heavy (non-hydrogen) atoms. The van der Waals surface area contributed by atoms with E-state index in [1.54, 1.807) is 29.3 Å². The van der Waals surface area contributed by atoms with Gasteiger partial charge in [-0.3, -0.25) is 0 Å². The Balaban J connectivity index is 2.43. The number of nitrogens with zero attached hydrogens (tertiary/aromatic N) is 3. The summed E-state index contributed by atoms with van der Waals surface area (Å²) in [7, 11) is 0. The van der Waals surface area contributed by atoms with Crippen molar-refractivity contribution in [3.8, 4) is 0 Å². The van der Waals surface area contributed by atoms with Crippen molar-refractivity contribution in [3.05, 3.63) is 47.5 Å². The summed E-state index contributed by atoms with van der Waals surface area (Å²) in [6, 6.07) is 6.60. The highest BCUT2D eigenvalue weighted by atomic mass is 35.5. The third kappa shape index (κ3) is 2.84. The highest BCUT2D eigenvalue weighted by Crippen LogP contribution is 2.25. The van der Waals surface area contributed by atoms with E-state index < -0.39 is 0 Å². The van der Waals surface area contributed by atoms with Gasteiger partial charge in [0.15, 0.2) is 0 Å². The Bertz CT molecular complexity index is 574. The molecule has 100 valence electrons. The third-order valence-electron chi connectivity index (χ3n) is 2.91. The van der Waals surface area contributed by atoms with Gasteiger partial charge in [0.2, 0.25) is 5.95 Å². The molecule has 0 aliphatic heterocycles. The van der Waals surface area contributed by atoms with Crippen molar-refractivity contribution in [1.29, 1.82) is 0 Å². The Morgan fingerprint density at radius 1 is 1.32 bits per heavy atom. The summed E-state index contributed by atoms with van der Waals surface area (Å²) in [6.07, 6.45) is 1.69. The summed E-state index contributed by atoms with van der Waals surface area (Å²) in [6.45, 7) is 4.39. The highest BCUT2D eigenvalue weighted by molar-refractivity contribution is 6.17. The molecule has 0 unspecified atom stereocenters. The molecule has 0 saturated heterocycles. The highest BCUT2D eigenvalue weighted by Gasteiger charge is 2.14. The first-order valence-corrected chi connectivity index (χ1v) is 6.61. The fourth-order valence-corrected chi connectivity index (χ4v) is 2.09. The summed E-state index contributed by atoms with van der Waals surface area (Å²) >= 11 is 5.79. The molecule has 3 nitrogen and oxygen atoms in total. The number of para-hydroxylation sites is 1. The van der Waals surface area contributed by atoms with E-state index in [1.165, 1.54) is 6.07 Å². The number of benzene rings is 1. The van der Waals surface area contributed by atoms with E-state index >= 15 is 0 Å². The van der Waals surface area contributed by atoms with Crippen molar-refractivity contribution in [3.63, 3.8) is 0 Å². The topological polar surface area (TPSA) is 29.0 Å². The van der Waals surface area contributed by atoms with Crippen LogP contribution < -0.4 is 4.90 Å². The van der Waals surface area contributed by atoms with Crippen molar-refractivity contribution in [2.75, 3.05) is 11.4 Å². The minimum atomic E-state index is -0.285. The van der Waals surface area contributed by atoms with Gasteiger partial charge in [-0.2, -0.15) is 0 Å². The van der Waals surface area contributed by atoms with Gasteiger partial charge in [-0.1, -0.05) is 12.1 Å². The Hall–Kier alpha value is -1.68. The smallest absolute Gasteiger partial charge is 0.230 e. The van der Waals surface area contributed by atoms with Crippen molar-refractivity contribution in [1.82, 2.24) is 9.97 Å². The van der Waals surface area contributed by atoms with E-state index in [2.05, 4.69) is 9.97 Å². The molecule has 0 saturated carbocycles. The maximum absolute atomic E-state index is 13.8. The van der Waals surface area contributed by atoms with E-state index in [0.29, 0.717) is 24.1 Å². The average Bonchev–Trinajstić information content (AvgIpc) is 2.42. The third-order valence-corrected chi connectivity index (χ3v) is 3.20. The van der Waals surface area contributed by atoms with Gasteiger partial charge in [-0.05, 0) is 26.0 Å². The van der Waals surface area contributed by atoms with E-state index in [-0.39, 0.29) is 5.82 Å². The Kier molecular flexibility index (Phi) is 4.32. The molecule has 5 heteroatoms. The summed E-state index contributed by atoms with van der Waals surface area (Å²) in [4.78, 5) is 10.4. The van der Waals surface area contributed by atoms with Crippen molar-refractivity contribution in [2.45, 2.75) is 19.7 Å². The predicted octanol–water partition coefficient (Wildman–Crippen LogP) is 3.82. The number of alkyl halides is 1. The first-order valence-electron chi connectivity index (χ1n) is 6.08. The van der Waals surface area contributed by atoms with Crippen LogP contribution in [0.15, 0.2) is 30.5 Å². The number of hydrogen-bond donors (Lipinski definition) is 0. The second kappa shape index (κ2) is 5.97. The van der Waals surface area contributed by atoms with E-state index in [1.807, 2.05) is 13.8 Å². The van der Waals surface area contributed by atoms with Gasteiger partial charge in [-0.25, -0.2) is 14.4 Å². The molecule has 0 aliphatic carbocycles. The lowest BCUT2D eigenvalue weighted by Crippen LogP contribution is -2.20. The fraction of sp³-hybridized carbons (Fsp3) is 0.286. The maximum atomic E-state index is 13.8. The minimum Gasteiger partial charge on any atom is -0.308 e. The lowest BCUT2D eigenvalue weighted by Gasteiger charge is -2.21. The Morgan fingerprint density at radius 2 is 2.05 bits per heavy atom. The van der Waals surface area contributed by atoms with Crippen LogP contribution in [0.1, 0.15) is 18.2 Å². The molecule has 2 aromatic rings. The van der Waals surface area contributed by atoms with Crippen LogP contribution >= 0.6 is 11.6 Å². The van der Waals surface area contributed by atoms with Crippen LogP contribution in [0.2, 0.25) is 0 Å². The van der Waals surface area contributed by atoms with Crippen molar-refractivity contribution in [2.24, 2.45) is 0 Å². The lowest BCUT2D eigenvalue weighted by molar-refractivity contribution is 0.624. The summed E-state index contributed by atoms with van der Waals surface area (Å²) < 4.78 is 13.8. The van der Waals surface area contributed by atoms with Gasteiger partial charge >= 0.3 is 0 Å². The zero-order chi connectivity index (χ0) is 13.8. The van der Waals surface area contributed by atoms with Crippen LogP contribution in [0, 0.1) is 12.7 Å². The first kappa shape index (κ1) is 13.7. The SMILES string of the molecule is CCN(c1ncc(CCl)c(C)n1)c1ccccc1F. The van der Waals surface area contributed by atoms with Crippen LogP contribution in [0.3, 0.4) is 0 Å². The monoisotopic (exact) mass is 279 g/mol. The molecule has 0 amide bonds. The minimum absolute atomic E-state index is 0.285. The van der Waals surface area contributed by atoms with Crippen LogP contribution in [0.25, 0.3) is 0 Å². The lowest BCUT2D eigenvalue weighted by atomic mass is 10.2. The number of halogens is 2. The Labute approximate surface area is 117 Å². The second-order valence-corrected chi connectivity index (χ2v) is 4.38. The molecule has 1 aromatic heterocycles. The van der Waals surface area contributed by atoms with Gasteiger partial charge < -0.3 is 4.90 Å². The summed E-state index contributed by atoms with van der Waals surface area (Å²) in [5, 5.41) is 0. The van der Waals surface area contributed by atoms with Gasteiger partial charge in [0.05, 0.1) is 11.6 Å². The maximum Gasteiger partial charge on any atom is 0.230 e. The van der Waals surface area contributed by atoms with Gasteiger partial charge in [0, 0.05) is 24.0 Å². The molecule has 1 aromatic carbocycles. The van der Waals surface area contributed by atoms with Gasteiger partial charge in [0.1, 0.15) is 5.82 Å². The fourth-order valence-electron chi connectivity index (χ4n) is 1.83. The summed E-state index contributed by atoms with van der Waals surface area (Å²) in [5.41, 5.74) is 2.17. The average molecular weight is 280 g/mol. The molecule has 0 bridgehead atoms. The predicted molar refractivity (Wildman–Crippen MR) is 75.4 cm³/mol. The number of aromatic nitrogens is 2. The first-order chi connectivity index (χ1) is 9.17. The second-order valence-electron chi connectivity index (χ2n) is 4.11. The quantitative estimate of drug-likeness (QED) is 0.797. The molecule has 0 radical (unpaired) electrons. The molecule has 1 heterocycles. The number of anilines is 2. The van der Waals surface area contributed by atoms with E-state index in [0.717, 1.165) is 11.3 Å². The zero-order valence-electron chi connectivity index (χ0n) is 10.9.